The summed E-state index contributed by atoms with van der Waals surface area (Å²) in [5.74, 6) is 0. The molecule has 0 amide bonds. The molecule has 0 aliphatic carbocycles. The highest BCUT2D eigenvalue weighted by molar-refractivity contribution is 6.31. The molecule has 2 atom stereocenters. The van der Waals surface area contributed by atoms with Crippen LogP contribution in [0.5, 0.6) is 0 Å². The average Bonchev–Trinajstić information content (AvgIpc) is 3.10. The first kappa shape index (κ1) is 14.5. The molecule has 116 valence electrons. The molecule has 0 bridgehead atoms. The Morgan fingerprint density at radius 3 is 2.61 bits per heavy atom. The molecule has 2 unspecified atom stereocenters. The van der Waals surface area contributed by atoms with Crippen LogP contribution < -0.4 is 0 Å². The van der Waals surface area contributed by atoms with Gasteiger partial charge >= 0.3 is 0 Å². The number of hydrogen-bond acceptors (Lipinski definition) is 2. The highest BCUT2D eigenvalue weighted by atomic mass is 35.5. The molecule has 0 radical (unpaired) electrons. The van der Waals surface area contributed by atoms with Crippen LogP contribution >= 0.6 is 11.6 Å². The van der Waals surface area contributed by atoms with E-state index in [1.807, 2.05) is 35.0 Å². The van der Waals surface area contributed by atoms with E-state index in [9.17, 15) is 0 Å². The molecule has 2 heterocycles. The fourth-order valence-corrected chi connectivity index (χ4v) is 3.41. The first-order valence-corrected chi connectivity index (χ1v) is 8.13. The van der Waals surface area contributed by atoms with Gasteiger partial charge in [-0.2, -0.15) is 0 Å². The van der Waals surface area contributed by atoms with Crippen LogP contribution in [0.3, 0.4) is 0 Å². The van der Waals surface area contributed by atoms with Gasteiger partial charge in [-0.25, -0.2) is 4.98 Å². The molecule has 0 saturated carbocycles. The maximum Gasteiger partial charge on any atom is 0.174 e. The van der Waals surface area contributed by atoms with Gasteiger partial charge < -0.3 is 9.30 Å². The van der Waals surface area contributed by atoms with Gasteiger partial charge in [-0.05, 0) is 23.6 Å². The number of imidazole rings is 1. The third-order valence-electron chi connectivity index (χ3n) is 4.45. The SMILES string of the molecule is CCc1ccc(C2(c3ccccc3Cl)OC2n2ccnc2)cc1. The quantitative estimate of drug-likeness (QED) is 0.658. The number of aromatic nitrogens is 2. The van der Waals surface area contributed by atoms with Gasteiger partial charge in [0, 0.05) is 23.0 Å². The lowest BCUT2D eigenvalue weighted by Crippen LogP contribution is -2.15. The van der Waals surface area contributed by atoms with E-state index in [2.05, 4.69) is 36.2 Å². The molecular formula is C19H17ClN2O. The van der Waals surface area contributed by atoms with E-state index >= 15 is 0 Å². The second-order valence-electron chi connectivity index (χ2n) is 5.75. The molecular weight excluding hydrogens is 308 g/mol. The minimum atomic E-state index is -0.550. The Kier molecular flexibility index (Phi) is 3.47. The van der Waals surface area contributed by atoms with Crippen molar-refractivity contribution >= 4 is 11.6 Å². The molecule has 0 spiro atoms. The second-order valence-corrected chi connectivity index (χ2v) is 6.15. The molecule has 3 nitrogen and oxygen atoms in total. The summed E-state index contributed by atoms with van der Waals surface area (Å²) in [5.41, 5.74) is 2.86. The zero-order chi connectivity index (χ0) is 15.9. The molecule has 1 aromatic heterocycles. The van der Waals surface area contributed by atoms with E-state index in [1.54, 1.807) is 12.5 Å². The van der Waals surface area contributed by atoms with Crippen molar-refractivity contribution in [2.45, 2.75) is 25.2 Å². The average molecular weight is 325 g/mol. The summed E-state index contributed by atoms with van der Waals surface area (Å²) in [6, 6.07) is 16.5. The van der Waals surface area contributed by atoms with Crippen molar-refractivity contribution in [1.29, 1.82) is 0 Å². The maximum atomic E-state index is 6.48. The summed E-state index contributed by atoms with van der Waals surface area (Å²) < 4.78 is 8.20. The van der Waals surface area contributed by atoms with Crippen LogP contribution in [-0.2, 0) is 16.8 Å². The Morgan fingerprint density at radius 2 is 1.96 bits per heavy atom. The maximum absolute atomic E-state index is 6.48. The van der Waals surface area contributed by atoms with E-state index in [-0.39, 0.29) is 6.23 Å². The van der Waals surface area contributed by atoms with Crippen molar-refractivity contribution in [2.24, 2.45) is 0 Å². The zero-order valence-corrected chi connectivity index (χ0v) is 13.6. The fraction of sp³-hybridized carbons (Fsp3) is 0.211. The van der Waals surface area contributed by atoms with Gasteiger partial charge in [0.1, 0.15) is 0 Å². The van der Waals surface area contributed by atoms with Gasteiger partial charge in [0.25, 0.3) is 0 Å². The number of ether oxygens (including phenoxy) is 1. The van der Waals surface area contributed by atoms with Crippen molar-refractivity contribution in [1.82, 2.24) is 9.55 Å². The van der Waals surface area contributed by atoms with E-state index in [0.717, 1.165) is 22.6 Å². The first-order valence-electron chi connectivity index (χ1n) is 7.75. The highest BCUT2D eigenvalue weighted by Gasteiger charge is 2.61. The smallest absolute Gasteiger partial charge is 0.174 e. The monoisotopic (exact) mass is 324 g/mol. The van der Waals surface area contributed by atoms with Crippen LogP contribution in [0.25, 0.3) is 0 Å². The van der Waals surface area contributed by atoms with Gasteiger partial charge in [0.05, 0.1) is 6.33 Å². The number of benzene rings is 2. The van der Waals surface area contributed by atoms with E-state index in [1.165, 1.54) is 5.56 Å². The standard InChI is InChI=1S/C19H17ClN2O/c1-2-14-7-9-15(10-8-14)19(16-5-3-4-6-17(16)20)18(23-19)22-12-11-21-13-22/h3-13,18H,2H2,1H3. The summed E-state index contributed by atoms with van der Waals surface area (Å²) in [4.78, 5) is 4.14. The van der Waals surface area contributed by atoms with E-state index < -0.39 is 5.60 Å². The zero-order valence-electron chi connectivity index (χ0n) is 12.8. The number of aryl methyl sites for hydroxylation is 1. The van der Waals surface area contributed by atoms with Crippen molar-refractivity contribution < 1.29 is 4.74 Å². The van der Waals surface area contributed by atoms with Crippen LogP contribution in [0, 0.1) is 0 Å². The number of halogens is 1. The molecule has 1 aliphatic heterocycles. The Bertz CT molecular complexity index is 814. The second kappa shape index (κ2) is 5.52. The van der Waals surface area contributed by atoms with Crippen LogP contribution in [-0.4, -0.2) is 9.55 Å². The summed E-state index contributed by atoms with van der Waals surface area (Å²) >= 11 is 6.48. The number of epoxide rings is 1. The summed E-state index contributed by atoms with van der Waals surface area (Å²) in [5, 5.41) is 0.717. The van der Waals surface area contributed by atoms with Crippen LogP contribution in [0.4, 0.5) is 0 Å². The van der Waals surface area contributed by atoms with Gasteiger partial charge in [-0.3, -0.25) is 0 Å². The molecule has 2 aromatic carbocycles. The van der Waals surface area contributed by atoms with Gasteiger partial charge in [-0.1, -0.05) is 61.0 Å². The van der Waals surface area contributed by atoms with Crippen molar-refractivity contribution in [2.75, 3.05) is 0 Å². The molecule has 1 fully saturated rings. The van der Waals surface area contributed by atoms with Gasteiger partial charge in [0.2, 0.25) is 0 Å². The lowest BCUT2D eigenvalue weighted by atomic mass is 9.89. The summed E-state index contributed by atoms with van der Waals surface area (Å²) in [7, 11) is 0. The molecule has 4 rings (SSSR count). The predicted molar refractivity (Wildman–Crippen MR) is 90.4 cm³/mol. The summed E-state index contributed by atoms with van der Waals surface area (Å²) in [6.45, 7) is 2.15. The number of hydrogen-bond donors (Lipinski definition) is 0. The highest BCUT2D eigenvalue weighted by Crippen LogP contribution is 2.59. The van der Waals surface area contributed by atoms with Crippen LogP contribution in [0.2, 0.25) is 5.02 Å². The Hall–Kier alpha value is -2.10. The molecule has 1 aliphatic rings. The Balaban J connectivity index is 1.84. The van der Waals surface area contributed by atoms with E-state index in [4.69, 9.17) is 16.3 Å². The Labute approximate surface area is 140 Å². The van der Waals surface area contributed by atoms with Crippen molar-refractivity contribution in [3.8, 4) is 0 Å². The normalized spacial score (nSPS) is 23.0. The largest absolute Gasteiger partial charge is 0.333 e. The first-order chi connectivity index (χ1) is 11.3. The summed E-state index contributed by atoms with van der Waals surface area (Å²) in [6.07, 6.45) is 6.36. The van der Waals surface area contributed by atoms with Gasteiger partial charge in [0.15, 0.2) is 11.8 Å². The predicted octanol–water partition coefficient (Wildman–Crippen LogP) is 4.57. The molecule has 1 saturated heterocycles. The molecule has 3 aromatic rings. The molecule has 23 heavy (non-hydrogen) atoms. The fourth-order valence-electron chi connectivity index (χ4n) is 3.13. The lowest BCUT2D eigenvalue weighted by molar-refractivity contribution is 0.304. The van der Waals surface area contributed by atoms with Crippen molar-refractivity contribution in [3.63, 3.8) is 0 Å². The topological polar surface area (TPSA) is 30.4 Å². The van der Waals surface area contributed by atoms with Crippen LogP contribution in [0.15, 0.2) is 67.3 Å². The number of nitrogens with zero attached hydrogens (tertiary/aromatic N) is 2. The third kappa shape index (κ3) is 2.28. The third-order valence-corrected chi connectivity index (χ3v) is 4.78. The van der Waals surface area contributed by atoms with Crippen molar-refractivity contribution in [3.05, 3.63) is 89.0 Å². The van der Waals surface area contributed by atoms with Gasteiger partial charge in [-0.15, -0.1) is 0 Å². The molecule has 0 N–H and O–H groups in total. The van der Waals surface area contributed by atoms with Crippen LogP contribution in [0.1, 0.15) is 29.8 Å². The Morgan fingerprint density at radius 1 is 1.17 bits per heavy atom. The minimum Gasteiger partial charge on any atom is -0.333 e. The minimum absolute atomic E-state index is 0.127. The van der Waals surface area contributed by atoms with E-state index in [0.29, 0.717) is 0 Å². The number of rotatable bonds is 4. The lowest BCUT2D eigenvalue weighted by Gasteiger charge is -2.16. The molecule has 4 heteroatoms.